The van der Waals surface area contributed by atoms with Crippen LogP contribution in [0, 0.1) is 5.92 Å². The predicted molar refractivity (Wildman–Crippen MR) is 51.6 cm³/mol. The summed E-state index contributed by atoms with van der Waals surface area (Å²) in [4.78, 5) is 10.7. The van der Waals surface area contributed by atoms with Crippen LogP contribution in [0.15, 0.2) is 11.1 Å². The molecule has 0 unspecified atom stereocenters. The Morgan fingerprint density at radius 1 is 1.31 bits per heavy atom. The van der Waals surface area contributed by atoms with Crippen LogP contribution in [0.5, 0.6) is 0 Å². The van der Waals surface area contributed by atoms with E-state index in [1.54, 1.807) is 6.92 Å². The van der Waals surface area contributed by atoms with Gasteiger partial charge in [-0.1, -0.05) is 5.57 Å². The molecule has 0 bridgehead atoms. The Hall–Kier alpha value is -0.830. The fraction of sp³-hybridized carbons (Fsp3) is 0.700. The molecule has 0 aromatic heterocycles. The van der Waals surface area contributed by atoms with Crippen molar-refractivity contribution in [1.29, 1.82) is 0 Å². The maximum absolute atomic E-state index is 10.7. The largest absolute Gasteiger partial charge is 0.478 e. The summed E-state index contributed by atoms with van der Waals surface area (Å²) in [6, 6.07) is 0. The molecule has 0 amide bonds. The van der Waals surface area contributed by atoms with Crippen LogP contribution >= 0.6 is 0 Å². The molecular formula is C10H17NO2. The normalized spacial score (nSPS) is 21.1. The molecule has 3 nitrogen and oxygen atoms in total. The van der Waals surface area contributed by atoms with E-state index in [-0.39, 0.29) is 0 Å². The van der Waals surface area contributed by atoms with Gasteiger partial charge in [0.2, 0.25) is 0 Å². The highest BCUT2D eigenvalue weighted by atomic mass is 16.4. The SMILES string of the molecule is CC(C(=O)O)=C(C)C1CCNCC1. The fourth-order valence-electron chi connectivity index (χ4n) is 1.73. The van der Waals surface area contributed by atoms with Crippen LogP contribution in [0.3, 0.4) is 0 Å². The van der Waals surface area contributed by atoms with E-state index in [0.29, 0.717) is 11.5 Å². The van der Waals surface area contributed by atoms with Gasteiger partial charge in [0.05, 0.1) is 0 Å². The number of rotatable bonds is 2. The number of piperidine rings is 1. The van der Waals surface area contributed by atoms with Gasteiger partial charge in [-0.15, -0.1) is 0 Å². The third kappa shape index (κ3) is 2.56. The minimum Gasteiger partial charge on any atom is -0.478 e. The Morgan fingerprint density at radius 3 is 2.31 bits per heavy atom. The Labute approximate surface area is 78.8 Å². The van der Waals surface area contributed by atoms with Crippen LogP contribution in [-0.2, 0) is 4.79 Å². The molecule has 0 aliphatic carbocycles. The van der Waals surface area contributed by atoms with E-state index in [9.17, 15) is 4.79 Å². The second-order valence-electron chi connectivity index (χ2n) is 3.64. The average Bonchev–Trinajstić information content (AvgIpc) is 2.17. The quantitative estimate of drug-likeness (QED) is 0.636. The van der Waals surface area contributed by atoms with Crippen LogP contribution < -0.4 is 5.32 Å². The standard InChI is InChI=1S/C10H17NO2/c1-7(8(2)10(12)13)9-3-5-11-6-4-9/h9,11H,3-6H2,1-2H3,(H,12,13). The number of carbonyl (C=O) groups is 1. The number of hydrogen-bond acceptors (Lipinski definition) is 2. The summed E-state index contributed by atoms with van der Waals surface area (Å²) >= 11 is 0. The third-order valence-corrected chi connectivity index (χ3v) is 2.86. The van der Waals surface area contributed by atoms with E-state index >= 15 is 0 Å². The Morgan fingerprint density at radius 2 is 1.85 bits per heavy atom. The van der Waals surface area contributed by atoms with E-state index in [2.05, 4.69) is 5.32 Å². The lowest BCUT2D eigenvalue weighted by Crippen LogP contribution is -2.28. The van der Waals surface area contributed by atoms with Gasteiger partial charge < -0.3 is 10.4 Å². The molecule has 3 heteroatoms. The topological polar surface area (TPSA) is 49.3 Å². The first-order valence-corrected chi connectivity index (χ1v) is 4.74. The van der Waals surface area contributed by atoms with Gasteiger partial charge in [-0.3, -0.25) is 0 Å². The van der Waals surface area contributed by atoms with Gasteiger partial charge in [0, 0.05) is 5.57 Å². The van der Waals surface area contributed by atoms with Gasteiger partial charge in [0.15, 0.2) is 0 Å². The molecule has 1 heterocycles. The smallest absolute Gasteiger partial charge is 0.331 e. The fourth-order valence-corrected chi connectivity index (χ4v) is 1.73. The summed E-state index contributed by atoms with van der Waals surface area (Å²) in [5, 5.41) is 12.1. The second kappa shape index (κ2) is 4.42. The van der Waals surface area contributed by atoms with E-state index in [1.807, 2.05) is 6.92 Å². The molecular weight excluding hydrogens is 166 g/mol. The highest BCUT2D eigenvalue weighted by molar-refractivity contribution is 5.86. The lowest BCUT2D eigenvalue weighted by Gasteiger charge is -2.24. The predicted octanol–water partition coefficient (Wildman–Crippen LogP) is 1.41. The van der Waals surface area contributed by atoms with Crippen molar-refractivity contribution in [3.05, 3.63) is 11.1 Å². The molecule has 74 valence electrons. The zero-order valence-corrected chi connectivity index (χ0v) is 8.26. The minimum atomic E-state index is -0.781. The highest BCUT2D eigenvalue weighted by Crippen LogP contribution is 2.23. The molecule has 0 aromatic rings. The number of aliphatic carboxylic acids is 1. The Balaban J connectivity index is 2.68. The van der Waals surface area contributed by atoms with E-state index in [0.717, 1.165) is 31.5 Å². The molecule has 0 aromatic carbocycles. The van der Waals surface area contributed by atoms with Gasteiger partial charge >= 0.3 is 5.97 Å². The van der Waals surface area contributed by atoms with E-state index < -0.39 is 5.97 Å². The highest BCUT2D eigenvalue weighted by Gasteiger charge is 2.18. The molecule has 0 atom stereocenters. The summed E-state index contributed by atoms with van der Waals surface area (Å²) in [5.74, 6) is -0.312. The molecule has 2 N–H and O–H groups in total. The van der Waals surface area contributed by atoms with Gasteiger partial charge in [-0.05, 0) is 45.7 Å². The monoisotopic (exact) mass is 183 g/mol. The number of allylic oxidation sites excluding steroid dienone is 1. The van der Waals surface area contributed by atoms with Crippen LogP contribution in [0.4, 0.5) is 0 Å². The lowest BCUT2D eigenvalue weighted by atomic mass is 9.88. The first-order chi connectivity index (χ1) is 6.13. The molecule has 1 saturated heterocycles. The van der Waals surface area contributed by atoms with Crippen molar-refractivity contribution in [3.63, 3.8) is 0 Å². The Bertz CT molecular complexity index is 227. The molecule has 1 aliphatic rings. The van der Waals surface area contributed by atoms with Crippen LogP contribution in [-0.4, -0.2) is 24.2 Å². The maximum Gasteiger partial charge on any atom is 0.331 e. The Kier molecular flexibility index (Phi) is 3.48. The van der Waals surface area contributed by atoms with Crippen LogP contribution in [0.1, 0.15) is 26.7 Å². The van der Waals surface area contributed by atoms with Gasteiger partial charge in [-0.2, -0.15) is 0 Å². The van der Waals surface area contributed by atoms with Gasteiger partial charge in [0.1, 0.15) is 0 Å². The van der Waals surface area contributed by atoms with Crippen LogP contribution in [0.2, 0.25) is 0 Å². The van der Waals surface area contributed by atoms with Crippen molar-refractivity contribution in [2.75, 3.05) is 13.1 Å². The van der Waals surface area contributed by atoms with Crippen molar-refractivity contribution in [2.24, 2.45) is 5.92 Å². The summed E-state index contributed by atoms with van der Waals surface area (Å²) in [7, 11) is 0. The first-order valence-electron chi connectivity index (χ1n) is 4.74. The molecule has 1 rings (SSSR count). The van der Waals surface area contributed by atoms with Gasteiger partial charge in [0.25, 0.3) is 0 Å². The van der Waals surface area contributed by atoms with E-state index in [1.165, 1.54) is 0 Å². The summed E-state index contributed by atoms with van der Waals surface area (Å²) in [6.07, 6.45) is 2.13. The van der Waals surface area contributed by atoms with Crippen molar-refractivity contribution < 1.29 is 9.90 Å². The first kappa shape index (κ1) is 10.3. The number of nitrogens with one attached hydrogen (secondary N) is 1. The van der Waals surface area contributed by atoms with Crippen molar-refractivity contribution >= 4 is 5.97 Å². The second-order valence-corrected chi connectivity index (χ2v) is 3.64. The number of hydrogen-bond donors (Lipinski definition) is 2. The maximum atomic E-state index is 10.7. The third-order valence-electron chi connectivity index (χ3n) is 2.86. The van der Waals surface area contributed by atoms with Crippen LogP contribution in [0.25, 0.3) is 0 Å². The summed E-state index contributed by atoms with van der Waals surface area (Å²) in [5.41, 5.74) is 1.57. The molecule has 1 fully saturated rings. The number of carboxylic acids is 1. The zero-order chi connectivity index (χ0) is 9.84. The van der Waals surface area contributed by atoms with Gasteiger partial charge in [-0.25, -0.2) is 4.79 Å². The molecule has 0 saturated carbocycles. The summed E-state index contributed by atoms with van der Waals surface area (Å²) in [6.45, 7) is 5.66. The summed E-state index contributed by atoms with van der Waals surface area (Å²) < 4.78 is 0. The minimum absolute atomic E-state index is 0.470. The average molecular weight is 183 g/mol. The number of carboxylic acid groups (broad SMARTS) is 1. The lowest BCUT2D eigenvalue weighted by molar-refractivity contribution is -0.132. The van der Waals surface area contributed by atoms with Crippen molar-refractivity contribution in [1.82, 2.24) is 5.32 Å². The molecule has 0 spiro atoms. The van der Waals surface area contributed by atoms with Crippen molar-refractivity contribution in [2.45, 2.75) is 26.7 Å². The van der Waals surface area contributed by atoms with Crippen molar-refractivity contribution in [3.8, 4) is 0 Å². The zero-order valence-electron chi connectivity index (χ0n) is 8.26. The van der Waals surface area contributed by atoms with E-state index in [4.69, 9.17) is 5.11 Å². The molecule has 13 heavy (non-hydrogen) atoms. The molecule has 1 aliphatic heterocycles. The molecule has 0 radical (unpaired) electrons.